The summed E-state index contributed by atoms with van der Waals surface area (Å²) in [7, 11) is -1.59. The van der Waals surface area contributed by atoms with Crippen LogP contribution in [0.2, 0.25) is 19.6 Å². The van der Waals surface area contributed by atoms with Gasteiger partial charge in [0, 0.05) is 16.3 Å². The minimum Gasteiger partial charge on any atom is -0.233 e. The zero-order valence-electron chi connectivity index (χ0n) is 18.6. The van der Waals surface area contributed by atoms with Gasteiger partial charge in [0.05, 0.1) is 24.8 Å². The summed E-state index contributed by atoms with van der Waals surface area (Å²) < 4.78 is 39.0. The zero-order valence-corrected chi connectivity index (χ0v) is 19.6. The Balaban J connectivity index is 2.05. The average molecular weight is 439 g/mol. The predicted molar refractivity (Wildman–Crippen MR) is 125 cm³/mol. The highest BCUT2D eigenvalue weighted by atomic mass is 28.3. The molecule has 0 amide bonds. The molecule has 4 rings (SSSR count). The van der Waals surface area contributed by atoms with E-state index in [0.717, 1.165) is 33.8 Å². The average Bonchev–Trinajstić information content (AvgIpc) is 2.65. The Labute approximate surface area is 181 Å². The predicted octanol–water partition coefficient (Wildman–Crippen LogP) is 6.94. The molecule has 0 spiro atoms. The Morgan fingerprint density at radius 3 is 2.06 bits per heavy atom. The molecule has 2 nitrogen and oxygen atoms in total. The molecular formula is C25H25F3N2Si. The van der Waals surface area contributed by atoms with Crippen molar-refractivity contribution < 1.29 is 13.2 Å². The number of fused-ring (bicyclic) bond motifs is 3. The van der Waals surface area contributed by atoms with Gasteiger partial charge in [-0.1, -0.05) is 54.7 Å². The topological polar surface area (TPSA) is 25.8 Å². The molecule has 0 bridgehead atoms. The Kier molecular flexibility index (Phi) is 4.96. The van der Waals surface area contributed by atoms with Gasteiger partial charge in [0.15, 0.2) is 0 Å². The second-order valence-electron chi connectivity index (χ2n) is 9.20. The van der Waals surface area contributed by atoms with Crippen LogP contribution < -0.4 is 5.19 Å². The van der Waals surface area contributed by atoms with Crippen LogP contribution in [0.3, 0.4) is 0 Å². The lowest BCUT2D eigenvalue weighted by Gasteiger charge is -2.24. The van der Waals surface area contributed by atoms with Crippen LogP contribution in [0.5, 0.6) is 0 Å². The number of halogens is 3. The Morgan fingerprint density at radius 2 is 1.48 bits per heavy atom. The summed E-state index contributed by atoms with van der Waals surface area (Å²) in [6.45, 7) is 13.2. The summed E-state index contributed by atoms with van der Waals surface area (Å²) in [5, 5.41) is 4.52. The van der Waals surface area contributed by atoms with Gasteiger partial charge in [0.1, 0.15) is 5.82 Å². The van der Waals surface area contributed by atoms with Crippen LogP contribution in [0.25, 0.3) is 32.9 Å². The molecule has 3 aromatic carbocycles. The minimum absolute atomic E-state index is 0.601. The molecule has 0 radical (unpaired) electrons. The van der Waals surface area contributed by atoms with E-state index in [9.17, 15) is 13.2 Å². The van der Waals surface area contributed by atoms with E-state index < -0.39 is 19.8 Å². The van der Waals surface area contributed by atoms with Crippen molar-refractivity contribution in [3.05, 3.63) is 65.0 Å². The number of benzene rings is 3. The Hall–Kier alpha value is -2.73. The van der Waals surface area contributed by atoms with E-state index in [4.69, 9.17) is 4.98 Å². The van der Waals surface area contributed by atoms with Crippen molar-refractivity contribution in [1.29, 1.82) is 0 Å². The van der Waals surface area contributed by atoms with Crippen molar-refractivity contribution in [3.63, 3.8) is 0 Å². The zero-order chi connectivity index (χ0) is 22.7. The Bertz CT molecular complexity index is 1320. The summed E-state index contributed by atoms with van der Waals surface area (Å²) in [4.78, 5) is 9.39. The standard InChI is InChI=1S/C25H25F3N2Si/c1-14-13-18-9-12-20-22(17-7-10-19(11-8-17)25(26,27)28)29-16(3)30-23(20)21(18)15(2)24(14)31(4,5)6/h7-13H,1-6H3. The van der Waals surface area contributed by atoms with Crippen LogP contribution in [-0.4, -0.2) is 18.0 Å². The molecule has 0 N–H and O–H groups in total. The summed E-state index contributed by atoms with van der Waals surface area (Å²) in [6, 6.07) is 11.5. The molecule has 1 heterocycles. The molecule has 160 valence electrons. The molecule has 0 saturated heterocycles. The van der Waals surface area contributed by atoms with Gasteiger partial charge in [0.2, 0.25) is 0 Å². The molecule has 1 aromatic heterocycles. The van der Waals surface area contributed by atoms with Gasteiger partial charge in [-0.15, -0.1) is 0 Å². The minimum atomic E-state index is -4.36. The van der Waals surface area contributed by atoms with Gasteiger partial charge in [-0.05, 0) is 49.9 Å². The Morgan fingerprint density at radius 1 is 0.839 bits per heavy atom. The van der Waals surface area contributed by atoms with Crippen molar-refractivity contribution in [2.24, 2.45) is 0 Å². The fraction of sp³-hybridized carbons (Fsp3) is 0.280. The summed E-state index contributed by atoms with van der Waals surface area (Å²) in [6.07, 6.45) is -4.36. The molecule has 0 fully saturated rings. The van der Waals surface area contributed by atoms with E-state index in [1.54, 1.807) is 0 Å². The first-order chi connectivity index (χ1) is 14.4. The third kappa shape index (κ3) is 3.74. The van der Waals surface area contributed by atoms with E-state index in [-0.39, 0.29) is 0 Å². The quantitative estimate of drug-likeness (QED) is 0.250. The lowest BCUT2D eigenvalue weighted by Crippen LogP contribution is -2.41. The summed E-state index contributed by atoms with van der Waals surface area (Å²) in [5.74, 6) is 0.601. The second-order valence-corrected chi connectivity index (χ2v) is 14.2. The molecule has 6 heteroatoms. The van der Waals surface area contributed by atoms with E-state index in [1.165, 1.54) is 28.4 Å². The lowest BCUT2D eigenvalue weighted by atomic mass is 9.97. The maximum absolute atomic E-state index is 13.0. The largest absolute Gasteiger partial charge is 0.416 e. The fourth-order valence-corrected chi connectivity index (χ4v) is 7.26. The number of hydrogen-bond donors (Lipinski definition) is 0. The number of hydrogen-bond acceptors (Lipinski definition) is 2. The lowest BCUT2D eigenvalue weighted by molar-refractivity contribution is -0.137. The number of alkyl halides is 3. The van der Waals surface area contributed by atoms with Crippen LogP contribution in [0.15, 0.2) is 42.5 Å². The van der Waals surface area contributed by atoms with Gasteiger partial charge in [0.25, 0.3) is 0 Å². The van der Waals surface area contributed by atoms with Gasteiger partial charge in [-0.3, -0.25) is 0 Å². The molecule has 0 atom stereocenters. The van der Waals surface area contributed by atoms with Gasteiger partial charge >= 0.3 is 6.18 Å². The highest BCUT2D eigenvalue weighted by Gasteiger charge is 2.30. The van der Waals surface area contributed by atoms with Crippen molar-refractivity contribution in [2.45, 2.75) is 46.6 Å². The van der Waals surface area contributed by atoms with Gasteiger partial charge < -0.3 is 0 Å². The molecule has 0 aliphatic heterocycles. The van der Waals surface area contributed by atoms with Crippen LogP contribution in [0.4, 0.5) is 13.2 Å². The normalized spacial score (nSPS) is 12.7. The van der Waals surface area contributed by atoms with E-state index in [0.29, 0.717) is 17.1 Å². The molecule has 0 aliphatic carbocycles. The van der Waals surface area contributed by atoms with Crippen molar-refractivity contribution in [1.82, 2.24) is 9.97 Å². The first-order valence-electron chi connectivity index (χ1n) is 10.3. The van der Waals surface area contributed by atoms with Crippen LogP contribution in [-0.2, 0) is 6.18 Å². The smallest absolute Gasteiger partial charge is 0.233 e. The third-order valence-electron chi connectivity index (χ3n) is 5.76. The van der Waals surface area contributed by atoms with Crippen molar-refractivity contribution in [2.75, 3.05) is 0 Å². The highest BCUT2D eigenvalue weighted by molar-refractivity contribution is 6.89. The molecule has 4 aromatic rings. The van der Waals surface area contributed by atoms with Crippen LogP contribution >= 0.6 is 0 Å². The highest BCUT2D eigenvalue weighted by Crippen LogP contribution is 2.35. The summed E-state index contributed by atoms with van der Waals surface area (Å²) in [5.41, 5.74) is 4.05. The SMILES string of the molecule is Cc1nc(-c2ccc(C(F)(F)F)cc2)c2ccc3cc(C)c([Si](C)(C)C)c(C)c3c2n1. The summed E-state index contributed by atoms with van der Waals surface area (Å²) >= 11 is 0. The fourth-order valence-electron chi connectivity index (χ4n) is 4.75. The third-order valence-corrected chi connectivity index (χ3v) is 8.03. The first-order valence-corrected chi connectivity index (χ1v) is 13.8. The molecule has 31 heavy (non-hydrogen) atoms. The number of aryl methyl sites for hydroxylation is 3. The van der Waals surface area contributed by atoms with E-state index >= 15 is 0 Å². The monoisotopic (exact) mass is 438 g/mol. The van der Waals surface area contributed by atoms with Gasteiger partial charge in [-0.2, -0.15) is 13.2 Å². The maximum Gasteiger partial charge on any atom is 0.416 e. The van der Waals surface area contributed by atoms with Crippen molar-refractivity contribution in [3.8, 4) is 11.3 Å². The number of nitrogens with zero attached hydrogens (tertiary/aromatic N) is 2. The van der Waals surface area contributed by atoms with Crippen LogP contribution in [0, 0.1) is 20.8 Å². The first kappa shape index (κ1) is 21.5. The molecular weight excluding hydrogens is 413 g/mol. The van der Waals surface area contributed by atoms with E-state index in [2.05, 4.69) is 50.6 Å². The van der Waals surface area contributed by atoms with Crippen LogP contribution in [0.1, 0.15) is 22.5 Å². The van der Waals surface area contributed by atoms with Gasteiger partial charge in [-0.25, -0.2) is 9.97 Å². The molecule has 0 unspecified atom stereocenters. The van der Waals surface area contributed by atoms with Crippen molar-refractivity contribution >= 4 is 34.9 Å². The maximum atomic E-state index is 13.0. The molecule has 0 saturated carbocycles. The second kappa shape index (κ2) is 7.16. The molecule has 0 aliphatic rings. The number of aromatic nitrogens is 2. The number of rotatable bonds is 2. The van der Waals surface area contributed by atoms with E-state index in [1.807, 2.05) is 13.0 Å².